The number of benzene rings is 1. The van der Waals surface area contributed by atoms with Crippen LogP contribution in [0.25, 0.3) is 16.9 Å². The van der Waals surface area contributed by atoms with Crippen LogP contribution < -0.4 is 10.9 Å². The van der Waals surface area contributed by atoms with Gasteiger partial charge in [0.15, 0.2) is 0 Å². The number of nitrogens with zero attached hydrogens (tertiary/aromatic N) is 3. The van der Waals surface area contributed by atoms with Gasteiger partial charge in [0, 0.05) is 30.7 Å². The van der Waals surface area contributed by atoms with Crippen LogP contribution >= 0.6 is 23.2 Å². The lowest BCUT2D eigenvalue weighted by Crippen LogP contribution is -2.23. The van der Waals surface area contributed by atoms with E-state index in [-0.39, 0.29) is 44.4 Å². The second kappa shape index (κ2) is 9.68. The Labute approximate surface area is 220 Å². The fourth-order valence-electron chi connectivity index (χ4n) is 4.63. The minimum atomic E-state index is -0.744. The van der Waals surface area contributed by atoms with Crippen molar-refractivity contribution in [2.45, 2.75) is 25.2 Å². The molecule has 3 aromatic heterocycles. The predicted octanol–water partition coefficient (Wildman–Crippen LogP) is 5.82. The molecule has 188 valence electrons. The van der Waals surface area contributed by atoms with Gasteiger partial charge < -0.3 is 5.32 Å². The molecular formula is C27H20Cl2F2N4O2. The number of hydrogen-bond donors (Lipinski definition) is 1. The fraction of sp³-hybridized carbons (Fsp3) is 0.185. The van der Waals surface area contributed by atoms with Crippen LogP contribution in [0.1, 0.15) is 45.4 Å². The zero-order valence-corrected chi connectivity index (χ0v) is 21.2. The number of aromatic nitrogens is 3. The van der Waals surface area contributed by atoms with Crippen LogP contribution in [0.2, 0.25) is 10.0 Å². The summed E-state index contributed by atoms with van der Waals surface area (Å²) in [6.45, 7) is 1.74. The van der Waals surface area contributed by atoms with Gasteiger partial charge in [-0.3, -0.25) is 24.1 Å². The van der Waals surface area contributed by atoms with Crippen molar-refractivity contribution in [2.75, 3.05) is 7.05 Å². The molecule has 4 aromatic rings. The highest BCUT2D eigenvalue weighted by molar-refractivity contribution is 6.32. The van der Waals surface area contributed by atoms with Crippen molar-refractivity contribution < 1.29 is 13.6 Å². The van der Waals surface area contributed by atoms with Crippen LogP contribution in [0.4, 0.5) is 8.78 Å². The lowest BCUT2D eigenvalue weighted by atomic mass is 10.0. The first-order chi connectivity index (χ1) is 17.7. The number of hydrogen-bond acceptors (Lipinski definition) is 4. The van der Waals surface area contributed by atoms with Crippen LogP contribution in [0.5, 0.6) is 0 Å². The first-order valence-corrected chi connectivity index (χ1v) is 12.2. The maximum Gasteiger partial charge on any atom is 0.274 e. The number of carbonyl (C=O) groups excluding carboxylic acids is 1. The summed E-state index contributed by atoms with van der Waals surface area (Å²) < 4.78 is 30.1. The maximum atomic E-state index is 15.2. The Morgan fingerprint density at radius 3 is 2.62 bits per heavy atom. The molecule has 6 nitrogen and oxygen atoms in total. The van der Waals surface area contributed by atoms with Crippen LogP contribution in [-0.4, -0.2) is 27.5 Å². The van der Waals surface area contributed by atoms with Crippen LogP contribution in [0.3, 0.4) is 0 Å². The molecule has 1 saturated carbocycles. The first-order valence-electron chi connectivity index (χ1n) is 11.4. The third-order valence-electron chi connectivity index (χ3n) is 6.53. The second-order valence-corrected chi connectivity index (χ2v) is 9.63. The third-order valence-corrected chi connectivity index (χ3v) is 7.20. The summed E-state index contributed by atoms with van der Waals surface area (Å²) >= 11 is 13.0. The Morgan fingerprint density at radius 2 is 1.89 bits per heavy atom. The van der Waals surface area contributed by atoms with E-state index >= 15 is 4.39 Å². The molecule has 1 amide bonds. The van der Waals surface area contributed by atoms with Crippen molar-refractivity contribution in [2.24, 2.45) is 0 Å². The minimum absolute atomic E-state index is 0.0158. The van der Waals surface area contributed by atoms with Gasteiger partial charge in [0.1, 0.15) is 16.7 Å². The van der Waals surface area contributed by atoms with Crippen molar-refractivity contribution >= 4 is 29.1 Å². The van der Waals surface area contributed by atoms with E-state index in [1.54, 1.807) is 19.2 Å². The summed E-state index contributed by atoms with van der Waals surface area (Å²) in [5, 5.41) is 2.60. The zero-order chi connectivity index (χ0) is 26.4. The van der Waals surface area contributed by atoms with Crippen molar-refractivity contribution in [3.63, 3.8) is 0 Å². The average Bonchev–Trinajstić information content (AvgIpc) is 3.68. The van der Waals surface area contributed by atoms with Gasteiger partial charge in [-0.15, -0.1) is 0 Å². The standard InChI is InChI=1S/C27H20Cl2F2N4O2/c1-13-6-20(19-8-18(19)14-7-15(30)11-33-10-14)24(29)27(37)35(13)23-9-22(34-12-21(23)28)16-4-3-5-17(25(16)31)26(36)32-2/h3-7,9-12,18-19H,8H2,1-2H3,(H,32,36)/t18?,19-/m1/s1. The number of nitrogens with one attached hydrogen (secondary N) is 1. The summed E-state index contributed by atoms with van der Waals surface area (Å²) in [6.07, 6.45) is 4.80. The number of halogens is 4. The number of carbonyl (C=O) groups is 1. The largest absolute Gasteiger partial charge is 0.355 e. The topological polar surface area (TPSA) is 76.9 Å². The average molecular weight is 541 g/mol. The predicted molar refractivity (Wildman–Crippen MR) is 138 cm³/mol. The van der Waals surface area contributed by atoms with E-state index in [0.29, 0.717) is 11.3 Å². The molecule has 1 aliphatic rings. The number of rotatable bonds is 5. The molecule has 1 N–H and O–H groups in total. The summed E-state index contributed by atoms with van der Waals surface area (Å²) in [6, 6.07) is 9.13. The molecule has 0 bridgehead atoms. The van der Waals surface area contributed by atoms with E-state index in [1.807, 2.05) is 6.07 Å². The van der Waals surface area contributed by atoms with Crippen molar-refractivity contribution in [1.82, 2.24) is 19.9 Å². The first kappa shape index (κ1) is 25.0. The Balaban J connectivity index is 1.56. The fourth-order valence-corrected chi connectivity index (χ4v) is 5.10. The number of aryl methyl sites for hydroxylation is 1. The molecule has 1 fully saturated rings. The monoisotopic (exact) mass is 540 g/mol. The zero-order valence-electron chi connectivity index (χ0n) is 19.7. The second-order valence-electron chi connectivity index (χ2n) is 8.85. The Bertz CT molecular complexity index is 1620. The van der Waals surface area contributed by atoms with E-state index < -0.39 is 23.1 Å². The molecule has 5 rings (SSSR count). The normalized spacial score (nSPS) is 16.5. The summed E-state index contributed by atoms with van der Waals surface area (Å²) in [5.41, 5.74) is 1.91. The van der Waals surface area contributed by atoms with E-state index in [0.717, 1.165) is 18.2 Å². The van der Waals surface area contributed by atoms with E-state index in [2.05, 4.69) is 15.3 Å². The lowest BCUT2D eigenvalue weighted by Gasteiger charge is -2.16. The molecule has 0 aliphatic heterocycles. The Hall–Kier alpha value is -3.62. The van der Waals surface area contributed by atoms with Crippen molar-refractivity contribution in [1.29, 1.82) is 0 Å². The van der Waals surface area contributed by atoms with Gasteiger partial charge in [0.25, 0.3) is 11.5 Å². The SMILES string of the molecule is CNC(=O)c1cccc(-c2cc(-n3c(C)cc([C@@H]4CC4c4cncc(F)c4)c(Cl)c3=O)c(Cl)cn2)c1F. The molecule has 1 unspecified atom stereocenters. The third kappa shape index (κ3) is 4.51. The van der Waals surface area contributed by atoms with E-state index in [1.165, 1.54) is 42.1 Å². The van der Waals surface area contributed by atoms with Crippen molar-refractivity contribution in [3.05, 3.63) is 109 Å². The molecule has 1 aliphatic carbocycles. The van der Waals surface area contributed by atoms with Crippen LogP contribution in [-0.2, 0) is 0 Å². The summed E-state index contributed by atoms with van der Waals surface area (Å²) in [5.74, 6) is -1.76. The molecule has 0 radical (unpaired) electrons. The minimum Gasteiger partial charge on any atom is -0.355 e. The van der Waals surface area contributed by atoms with Gasteiger partial charge in [0.2, 0.25) is 0 Å². The maximum absolute atomic E-state index is 15.2. The number of pyridine rings is 3. The van der Waals surface area contributed by atoms with Gasteiger partial charge >= 0.3 is 0 Å². The Morgan fingerprint density at radius 1 is 1.11 bits per heavy atom. The molecule has 37 heavy (non-hydrogen) atoms. The quantitative estimate of drug-likeness (QED) is 0.346. The van der Waals surface area contributed by atoms with Gasteiger partial charge in [-0.05, 0) is 66.6 Å². The van der Waals surface area contributed by atoms with Gasteiger partial charge in [0.05, 0.1) is 28.2 Å². The highest BCUT2D eigenvalue weighted by Crippen LogP contribution is 2.55. The molecule has 0 saturated heterocycles. The highest BCUT2D eigenvalue weighted by Gasteiger charge is 2.42. The summed E-state index contributed by atoms with van der Waals surface area (Å²) in [7, 11) is 1.41. The van der Waals surface area contributed by atoms with E-state index in [4.69, 9.17) is 23.2 Å². The molecule has 10 heteroatoms. The lowest BCUT2D eigenvalue weighted by molar-refractivity contribution is 0.0959. The molecule has 0 spiro atoms. The molecule has 1 aromatic carbocycles. The van der Waals surface area contributed by atoms with Gasteiger partial charge in [-0.1, -0.05) is 29.3 Å². The highest BCUT2D eigenvalue weighted by atomic mass is 35.5. The van der Waals surface area contributed by atoms with Crippen molar-refractivity contribution in [3.8, 4) is 16.9 Å². The Kier molecular flexibility index (Phi) is 6.56. The van der Waals surface area contributed by atoms with Crippen LogP contribution in [0, 0.1) is 18.6 Å². The molecule has 3 heterocycles. The van der Waals surface area contributed by atoms with Gasteiger partial charge in [-0.2, -0.15) is 0 Å². The smallest absolute Gasteiger partial charge is 0.274 e. The molecular weight excluding hydrogens is 521 g/mol. The van der Waals surface area contributed by atoms with Crippen LogP contribution in [0.15, 0.2) is 59.8 Å². The molecule has 2 atom stereocenters. The van der Waals surface area contributed by atoms with E-state index in [9.17, 15) is 14.0 Å². The van der Waals surface area contributed by atoms with Gasteiger partial charge in [-0.25, -0.2) is 8.78 Å². The number of amides is 1. The summed E-state index contributed by atoms with van der Waals surface area (Å²) in [4.78, 5) is 33.6.